The fourth-order valence-corrected chi connectivity index (χ4v) is 3.09. The van der Waals surface area contributed by atoms with Crippen LogP contribution in [-0.2, 0) is 11.3 Å². The molecule has 0 unspecified atom stereocenters. The number of carbonyl (C=O) groups excluding carboxylic acids is 1. The van der Waals surface area contributed by atoms with Gasteiger partial charge in [0.1, 0.15) is 18.2 Å². The number of carbonyl (C=O) groups is 1. The highest BCUT2D eigenvalue weighted by Crippen LogP contribution is 2.19. The quantitative estimate of drug-likeness (QED) is 0.513. The van der Waals surface area contributed by atoms with Gasteiger partial charge in [0.25, 0.3) is 0 Å². The molecular weight excluding hydrogens is 406 g/mol. The number of amides is 1. The molecule has 0 atom stereocenters. The molecule has 0 aliphatic carbocycles. The van der Waals surface area contributed by atoms with Crippen LogP contribution in [0.15, 0.2) is 53.3 Å². The van der Waals surface area contributed by atoms with E-state index in [9.17, 15) is 18.4 Å². The second-order valence-electron chi connectivity index (χ2n) is 7.00. The molecule has 0 bridgehead atoms. The fraction of sp³-hybridized carbons (Fsp3) is 0.143. The van der Waals surface area contributed by atoms with E-state index in [1.165, 1.54) is 40.8 Å². The second-order valence-corrected chi connectivity index (χ2v) is 7.00. The first kappa shape index (κ1) is 20.2. The summed E-state index contributed by atoms with van der Waals surface area (Å²) in [7, 11) is 0. The van der Waals surface area contributed by atoms with E-state index in [4.69, 9.17) is 0 Å². The minimum atomic E-state index is -0.585. The first-order valence-electron chi connectivity index (χ1n) is 9.36. The molecule has 2 aromatic heterocycles. The van der Waals surface area contributed by atoms with Crippen molar-refractivity contribution in [3.05, 3.63) is 81.9 Å². The van der Waals surface area contributed by atoms with Crippen molar-refractivity contribution in [3.63, 3.8) is 0 Å². The molecule has 10 heteroatoms. The molecule has 0 fully saturated rings. The number of hydrogen-bond donors (Lipinski definition) is 2. The molecule has 4 aromatic rings. The van der Waals surface area contributed by atoms with E-state index in [2.05, 4.69) is 20.7 Å². The predicted molar refractivity (Wildman–Crippen MR) is 111 cm³/mol. The van der Waals surface area contributed by atoms with Crippen LogP contribution in [-0.4, -0.2) is 25.1 Å². The Labute approximate surface area is 175 Å². The van der Waals surface area contributed by atoms with Crippen LogP contribution < -0.4 is 16.3 Å². The lowest BCUT2D eigenvalue weighted by Gasteiger charge is -2.09. The van der Waals surface area contributed by atoms with Gasteiger partial charge in [-0.05, 0) is 55.8 Å². The third-order valence-corrected chi connectivity index (χ3v) is 4.51. The van der Waals surface area contributed by atoms with Gasteiger partial charge in [-0.2, -0.15) is 0 Å². The summed E-state index contributed by atoms with van der Waals surface area (Å²) >= 11 is 0. The lowest BCUT2D eigenvalue weighted by molar-refractivity contribution is -0.117. The van der Waals surface area contributed by atoms with Crippen LogP contribution >= 0.6 is 0 Å². The summed E-state index contributed by atoms with van der Waals surface area (Å²) in [4.78, 5) is 29.6. The molecular formula is C21H18F2N6O2. The molecule has 158 valence electrons. The van der Waals surface area contributed by atoms with Crippen LogP contribution in [0.3, 0.4) is 0 Å². The largest absolute Gasteiger partial charge is 0.353 e. The van der Waals surface area contributed by atoms with E-state index in [1.54, 1.807) is 26.0 Å². The van der Waals surface area contributed by atoms with Gasteiger partial charge in [-0.3, -0.25) is 4.79 Å². The molecule has 0 radical (unpaired) electrons. The minimum absolute atomic E-state index is 0.183. The Hall–Kier alpha value is -4.08. The molecule has 0 spiro atoms. The average molecular weight is 424 g/mol. The summed E-state index contributed by atoms with van der Waals surface area (Å²) < 4.78 is 29.1. The number of aryl methyl sites for hydroxylation is 2. The van der Waals surface area contributed by atoms with Crippen LogP contribution in [0.5, 0.6) is 0 Å². The zero-order valence-corrected chi connectivity index (χ0v) is 16.7. The van der Waals surface area contributed by atoms with E-state index < -0.39 is 17.4 Å². The van der Waals surface area contributed by atoms with Crippen LogP contribution in [0, 0.1) is 25.5 Å². The highest BCUT2D eigenvalue weighted by molar-refractivity contribution is 5.90. The van der Waals surface area contributed by atoms with Gasteiger partial charge in [0.05, 0.1) is 0 Å². The number of aromatic nitrogens is 4. The molecule has 0 aliphatic rings. The number of fused-ring (bicyclic) bond motifs is 1. The van der Waals surface area contributed by atoms with E-state index in [-0.39, 0.29) is 29.6 Å². The Morgan fingerprint density at radius 1 is 1.06 bits per heavy atom. The van der Waals surface area contributed by atoms with Gasteiger partial charge in [-0.25, -0.2) is 27.6 Å². The summed E-state index contributed by atoms with van der Waals surface area (Å²) in [5.74, 6) is -1.19. The maximum atomic E-state index is 13.6. The van der Waals surface area contributed by atoms with Crippen molar-refractivity contribution in [1.29, 1.82) is 0 Å². The number of nitrogens with one attached hydrogen (secondary N) is 2. The number of rotatable bonds is 5. The zero-order chi connectivity index (χ0) is 22.1. The van der Waals surface area contributed by atoms with E-state index >= 15 is 0 Å². The molecule has 2 aromatic carbocycles. The van der Waals surface area contributed by atoms with Crippen molar-refractivity contribution >= 4 is 28.9 Å². The highest BCUT2D eigenvalue weighted by Gasteiger charge is 2.16. The van der Waals surface area contributed by atoms with Crippen LogP contribution in [0.2, 0.25) is 0 Å². The van der Waals surface area contributed by atoms with Crippen molar-refractivity contribution in [2.45, 2.75) is 20.4 Å². The van der Waals surface area contributed by atoms with Crippen molar-refractivity contribution in [3.8, 4) is 0 Å². The standard InChI is InChI=1S/C21H18F2N6O2/c1-12-8-16(6-7-17(12)23)26-20-24-13(2)9-18-27-28(21(31)29(18)20)11-19(30)25-15-5-3-4-14(22)10-15/h3-10H,11H2,1-2H3,(H,24,26)(H,25,30). The van der Waals surface area contributed by atoms with E-state index in [1.807, 2.05) is 0 Å². The van der Waals surface area contributed by atoms with Crippen LogP contribution in [0.25, 0.3) is 5.65 Å². The molecule has 0 aliphatic heterocycles. The van der Waals surface area contributed by atoms with Crippen LogP contribution in [0.1, 0.15) is 11.3 Å². The number of halogens is 2. The Balaban J connectivity index is 1.65. The lowest BCUT2D eigenvalue weighted by Crippen LogP contribution is -2.29. The van der Waals surface area contributed by atoms with Crippen molar-refractivity contribution < 1.29 is 13.6 Å². The summed E-state index contributed by atoms with van der Waals surface area (Å²) in [6, 6.07) is 11.5. The molecule has 0 saturated heterocycles. The average Bonchev–Trinajstić information content (AvgIpc) is 2.99. The first-order chi connectivity index (χ1) is 14.8. The Kier molecular flexibility index (Phi) is 5.20. The van der Waals surface area contributed by atoms with E-state index in [0.29, 0.717) is 16.9 Å². The molecule has 31 heavy (non-hydrogen) atoms. The Bertz CT molecular complexity index is 1360. The monoisotopic (exact) mass is 424 g/mol. The predicted octanol–water partition coefficient (Wildman–Crippen LogP) is 3.17. The second kappa shape index (κ2) is 7.98. The van der Waals surface area contributed by atoms with E-state index in [0.717, 1.165) is 4.68 Å². The number of benzene rings is 2. The first-order valence-corrected chi connectivity index (χ1v) is 9.36. The van der Waals surface area contributed by atoms with Crippen molar-refractivity contribution in [1.82, 2.24) is 19.2 Å². The summed E-state index contributed by atoms with van der Waals surface area (Å²) in [5.41, 5.74) is 1.55. The third kappa shape index (κ3) is 4.27. The smallest absolute Gasteiger partial charge is 0.325 e. The van der Waals surface area contributed by atoms with Gasteiger partial charge >= 0.3 is 5.69 Å². The number of nitrogens with zero attached hydrogens (tertiary/aromatic N) is 4. The zero-order valence-electron chi connectivity index (χ0n) is 16.7. The summed E-state index contributed by atoms with van der Waals surface area (Å²) in [6.07, 6.45) is 0. The van der Waals surface area contributed by atoms with Gasteiger partial charge in [0.15, 0.2) is 5.65 Å². The van der Waals surface area contributed by atoms with Gasteiger partial charge in [0.2, 0.25) is 11.9 Å². The molecule has 2 heterocycles. The molecule has 8 nitrogen and oxygen atoms in total. The van der Waals surface area contributed by atoms with Gasteiger partial charge in [-0.1, -0.05) is 6.07 Å². The molecule has 0 saturated carbocycles. The Morgan fingerprint density at radius 3 is 2.61 bits per heavy atom. The van der Waals surface area contributed by atoms with Gasteiger partial charge in [0, 0.05) is 23.1 Å². The maximum absolute atomic E-state index is 13.6. The minimum Gasteiger partial charge on any atom is -0.325 e. The topological polar surface area (TPSA) is 93.3 Å². The Morgan fingerprint density at radius 2 is 1.87 bits per heavy atom. The molecule has 1 amide bonds. The number of hydrogen-bond acceptors (Lipinski definition) is 5. The molecule has 4 rings (SSSR count). The number of anilines is 3. The third-order valence-electron chi connectivity index (χ3n) is 4.51. The van der Waals surface area contributed by atoms with Gasteiger partial charge < -0.3 is 10.6 Å². The van der Waals surface area contributed by atoms with Gasteiger partial charge in [-0.15, -0.1) is 5.10 Å². The summed E-state index contributed by atoms with van der Waals surface area (Å²) in [6.45, 7) is 2.99. The van der Waals surface area contributed by atoms with Crippen LogP contribution in [0.4, 0.5) is 26.1 Å². The van der Waals surface area contributed by atoms with Crippen molar-refractivity contribution in [2.24, 2.45) is 0 Å². The molecule has 2 N–H and O–H groups in total. The lowest BCUT2D eigenvalue weighted by atomic mass is 10.2. The SMILES string of the molecule is Cc1cc2nn(CC(=O)Nc3cccc(F)c3)c(=O)n2c(Nc2ccc(F)c(C)c2)n1. The fourth-order valence-electron chi connectivity index (χ4n) is 3.09. The summed E-state index contributed by atoms with van der Waals surface area (Å²) in [5, 5.41) is 9.72. The maximum Gasteiger partial charge on any atom is 0.353 e. The van der Waals surface area contributed by atoms with Crippen molar-refractivity contribution in [2.75, 3.05) is 10.6 Å². The normalized spacial score (nSPS) is 11.0. The highest BCUT2D eigenvalue weighted by atomic mass is 19.1.